The summed E-state index contributed by atoms with van der Waals surface area (Å²) in [6, 6.07) is 30.7. The zero-order valence-electron chi connectivity index (χ0n) is 41.1. The Morgan fingerprint density at radius 3 is 1.59 bits per heavy atom. The van der Waals surface area contributed by atoms with Gasteiger partial charge < -0.3 is 25.3 Å². The minimum atomic E-state index is -0.490. The number of hydroxylamine groups is 1. The number of hydrogen-bond acceptors (Lipinski definition) is 20. The molecule has 11 heterocycles. The Bertz CT molecular complexity index is 3640. The van der Waals surface area contributed by atoms with E-state index in [1.807, 2.05) is 84.9 Å². The van der Waals surface area contributed by atoms with Gasteiger partial charge >= 0.3 is 5.97 Å². The normalized spacial score (nSPS) is 13.5. The molecule has 0 saturated carbocycles. The Morgan fingerprint density at radius 1 is 0.645 bits per heavy atom. The number of pyridine rings is 5. The van der Waals surface area contributed by atoms with E-state index in [0.717, 1.165) is 86.2 Å². The van der Waals surface area contributed by atoms with Crippen LogP contribution in [0.3, 0.4) is 0 Å². The van der Waals surface area contributed by atoms with E-state index >= 15 is 0 Å². The van der Waals surface area contributed by atoms with Crippen molar-refractivity contribution in [2.45, 2.75) is 51.9 Å². The van der Waals surface area contributed by atoms with Crippen LogP contribution in [0.4, 0.5) is 16.1 Å². The van der Waals surface area contributed by atoms with E-state index in [-0.39, 0.29) is 17.0 Å². The summed E-state index contributed by atoms with van der Waals surface area (Å²) in [7, 11) is 1.42. The molecule has 0 unspecified atom stereocenters. The first-order valence-corrected chi connectivity index (χ1v) is 28.3. The lowest BCUT2D eigenvalue weighted by Crippen LogP contribution is -2.35. The van der Waals surface area contributed by atoms with E-state index < -0.39 is 5.91 Å². The number of methoxy groups -OCH3 is 1. The van der Waals surface area contributed by atoms with E-state index in [1.165, 1.54) is 7.11 Å². The molecule has 9 aromatic heterocycles. The largest absolute Gasteiger partial charge is 0.465 e. The van der Waals surface area contributed by atoms with Crippen LogP contribution in [0.5, 0.6) is 0 Å². The van der Waals surface area contributed by atoms with Crippen LogP contribution in [0.25, 0.3) is 41.4 Å². The average molecular weight is 1240 g/mol. The molecule has 0 saturated heterocycles. The molecule has 24 heteroatoms. The summed E-state index contributed by atoms with van der Waals surface area (Å²) in [5, 5.41) is 10.8. The molecule has 0 radical (unpaired) electrons. The van der Waals surface area contributed by atoms with Gasteiger partial charge in [0.05, 0.1) is 47.0 Å². The van der Waals surface area contributed by atoms with Crippen molar-refractivity contribution in [1.82, 2.24) is 50.3 Å². The maximum absolute atomic E-state index is 12.1. The van der Waals surface area contributed by atoms with Crippen molar-refractivity contribution in [3.8, 4) is 0 Å². The number of esters is 1. The molecule has 2 aliphatic rings. The Labute approximate surface area is 473 Å². The number of benzene rings is 2. The van der Waals surface area contributed by atoms with Crippen molar-refractivity contribution >= 4 is 159 Å². The van der Waals surface area contributed by atoms with Crippen LogP contribution >= 0.6 is 89.4 Å². The zero-order chi connectivity index (χ0) is 53.7. The Balaban J connectivity index is 0.000000125. The van der Waals surface area contributed by atoms with E-state index in [9.17, 15) is 9.59 Å². The summed E-state index contributed by atoms with van der Waals surface area (Å²) >= 11 is 17.8. The molecule has 13 rings (SSSR count). The maximum Gasteiger partial charge on any atom is 0.338 e. The van der Waals surface area contributed by atoms with Gasteiger partial charge in [-0.15, -0.1) is 22.7 Å². The number of carbonyl (C=O) groups excluding carboxylic acids is 2. The lowest BCUT2D eigenvalue weighted by Gasteiger charge is -2.32. The van der Waals surface area contributed by atoms with Gasteiger partial charge in [-0.1, -0.05) is 46.9 Å². The van der Waals surface area contributed by atoms with E-state index in [4.69, 9.17) is 27.9 Å². The van der Waals surface area contributed by atoms with Crippen molar-refractivity contribution in [2.75, 3.05) is 22.6 Å². The van der Waals surface area contributed by atoms with Crippen LogP contribution in [-0.4, -0.2) is 69.0 Å². The molecule has 0 aliphatic carbocycles. The summed E-state index contributed by atoms with van der Waals surface area (Å²) in [6.45, 7) is 9.72. The number of ether oxygens (including phenoxy) is 1. The standard InChI is InChI=1S/C18H17N3O2S.C17H16N4O2S.C6H3BrN2S.C6H4N2S2.C5H5BrN2/c1-18(2)13-7-4-6-11(16(22)23-3)12(13)10-21(18)17-20-15-14(24-17)8-5-9-19-15;1-17(2)12-6-3-5-10(15(22)20-23)11(12)9-21(17)16-19-14-13(24-16)7-4-8-18-14;7-6-9-5-4(10-6)2-1-3-8-5;9-6-8-5-4(10-6)2-1-3-7-5;6-4-2-1-3-8-5(4)7/h4-9H,10H2,1-3H3;3-8,23H,9H2,1-2H3,(H,20,22);1-3H;1-3H,(H,7,8,9);1-3H,(H2,7,8). The minimum absolute atomic E-state index is 0.257. The first kappa shape index (κ1) is 54.0. The highest BCUT2D eigenvalue weighted by molar-refractivity contribution is 9.11. The van der Waals surface area contributed by atoms with Crippen molar-refractivity contribution < 1.29 is 19.5 Å². The summed E-state index contributed by atoms with van der Waals surface area (Å²) in [5.41, 5.74) is 15.0. The van der Waals surface area contributed by atoms with Gasteiger partial charge in [0.2, 0.25) is 0 Å². The molecule has 0 bridgehead atoms. The molecule has 0 spiro atoms. The van der Waals surface area contributed by atoms with Crippen molar-refractivity contribution in [3.63, 3.8) is 0 Å². The highest BCUT2D eigenvalue weighted by Gasteiger charge is 2.42. The number of amides is 1. The first-order chi connectivity index (χ1) is 36.6. The van der Waals surface area contributed by atoms with Crippen LogP contribution in [-0.2, 0) is 28.9 Å². The number of fused-ring (bicyclic) bond motifs is 6. The van der Waals surface area contributed by atoms with Gasteiger partial charge in [0.1, 0.15) is 11.5 Å². The quantitative estimate of drug-likeness (QED) is 0.0556. The predicted octanol–water partition coefficient (Wildman–Crippen LogP) is 13.0. The average Bonchev–Trinajstić information content (AvgIpc) is 4.32. The van der Waals surface area contributed by atoms with Crippen molar-refractivity contribution in [2.24, 2.45) is 0 Å². The molecular formula is C52H45Br2N13O4S5. The summed E-state index contributed by atoms with van der Waals surface area (Å²) in [4.78, 5) is 65.5. The van der Waals surface area contributed by atoms with Gasteiger partial charge in [0.25, 0.3) is 5.91 Å². The zero-order valence-corrected chi connectivity index (χ0v) is 48.3. The molecule has 76 heavy (non-hydrogen) atoms. The molecule has 0 atom stereocenters. The fourth-order valence-corrected chi connectivity index (χ4v) is 13.3. The third-order valence-corrected chi connectivity index (χ3v) is 17.7. The Kier molecular flexibility index (Phi) is 16.5. The number of thiazole rings is 4. The van der Waals surface area contributed by atoms with Crippen LogP contribution in [0.15, 0.2) is 136 Å². The highest BCUT2D eigenvalue weighted by Crippen LogP contribution is 2.46. The number of hydrogen-bond donors (Lipinski definition) is 4. The first-order valence-electron chi connectivity index (χ1n) is 23.0. The van der Waals surface area contributed by atoms with Gasteiger partial charge in [-0.05, 0) is 167 Å². The van der Waals surface area contributed by atoms with E-state index in [1.54, 1.807) is 87.9 Å². The number of nitrogens with zero attached hydrogens (tertiary/aromatic N) is 10. The number of carbonyl (C=O) groups is 2. The number of aromatic amines is 1. The second-order valence-corrected chi connectivity index (χ2v) is 24.5. The predicted molar refractivity (Wildman–Crippen MR) is 313 cm³/mol. The second kappa shape index (κ2) is 23.2. The van der Waals surface area contributed by atoms with Gasteiger partial charge in [0, 0.05) is 49.6 Å². The fraction of sp³-hybridized carbons (Fsp3) is 0.173. The Morgan fingerprint density at radius 2 is 1.12 bits per heavy atom. The minimum Gasteiger partial charge on any atom is -0.465 e. The number of anilines is 3. The maximum atomic E-state index is 12.1. The van der Waals surface area contributed by atoms with Gasteiger partial charge in [0.15, 0.2) is 35.1 Å². The number of nitrogens with one attached hydrogen (secondary N) is 2. The number of halogens is 2. The molecule has 386 valence electrons. The molecule has 11 aromatic rings. The topological polar surface area (TPSA) is 227 Å². The number of nitrogens with two attached hydrogens (primary N) is 1. The summed E-state index contributed by atoms with van der Waals surface area (Å²) < 4.78 is 11.8. The second-order valence-electron chi connectivity index (χ2n) is 17.6. The highest BCUT2D eigenvalue weighted by atomic mass is 79.9. The number of nitrogen functional groups attached to an aromatic ring is 1. The van der Waals surface area contributed by atoms with Crippen LogP contribution in [0.1, 0.15) is 70.7 Å². The molecule has 5 N–H and O–H groups in total. The van der Waals surface area contributed by atoms with Gasteiger partial charge in [-0.25, -0.2) is 40.2 Å². The van der Waals surface area contributed by atoms with Crippen molar-refractivity contribution in [1.29, 1.82) is 0 Å². The smallest absolute Gasteiger partial charge is 0.338 e. The van der Waals surface area contributed by atoms with Crippen molar-refractivity contribution in [3.05, 3.63) is 174 Å². The lowest BCUT2D eigenvalue weighted by atomic mass is 9.91. The van der Waals surface area contributed by atoms with Crippen LogP contribution in [0.2, 0.25) is 0 Å². The van der Waals surface area contributed by atoms with Crippen LogP contribution < -0.4 is 21.0 Å². The van der Waals surface area contributed by atoms with E-state index in [2.05, 4.69) is 120 Å². The molecular weight excluding hydrogens is 1190 g/mol. The lowest BCUT2D eigenvalue weighted by molar-refractivity contribution is 0.0599. The molecule has 2 aliphatic heterocycles. The molecule has 17 nitrogen and oxygen atoms in total. The molecule has 0 fully saturated rings. The van der Waals surface area contributed by atoms with Crippen LogP contribution in [0, 0.1) is 3.95 Å². The molecule has 1 amide bonds. The number of aromatic nitrogens is 9. The Hall–Kier alpha value is -6.77. The summed E-state index contributed by atoms with van der Waals surface area (Å²) in [6.07, 6.45) is 8.64. The fourth-order valence-electron chi connectivity index (χ4n) is 8.53. The van der Waals surface area contributed by atoms with Gasteiger partial charge in [-0.3, -0.25) is 10.0 Å². The van der Waals surface area contributed by atoms with Gasteiger partial charge in [-0.2, -0.15) is 9.97 Å². The third-order valence-electron chi connectivity index (χ3n) is 12.3. The number of H-pyrrole nitrogens is 1. The molecule has 2 aromatic carbocycles. The SMILES string of the molecule is Brc1nc2ncccc2s1.CC1(C)c2cccc(C(=O)NO)c2CN1c1nc2ncccc2s1.COC(=O)c1cccc2c1CN(c1nc3ncccc3s1)C2(C)C.Nc1ncccc1Br.S=c1[nH]c2ncccc2s1. The third kappa shape index (κ3) is 11.5. The monoisotopic (exact) mass is 1230 g/mol. The van der Waals surface area contributed by atoms with E-state index in [0.29, 0.717) is 30.0 Å². The number of rotatable bonds is 4. The summed E-state index contributed by atoms with van der Waals surface area (Å²) in [5.74, 6) is -0.251.